The van der Waals surface area contributed by atoms with Crippen molar-refractivity contribution in [2.24, 2.45) is 0 Å². The van der Waals surface area contributed by atoms with Crippen molar-refractivity contribution >= 4 is 11.3 Å². The maximum Gasteiger partial charge on any atom is 0.123 e. The van der Waals surface area contributed by atoms with Crippen molar-refractivity contribution in [2.75, 3.05) is 7.11 Å². The summed E-state index contributed by atoms with van der Waals surface area (Å²) in [6, 6.07) is 15.2. The van der Waals surface area contributed by atoms with Gasteiger partial charge in [-0.2, -0.15) is 0 Å². The van der Waals surface area contributed by atoms with Crippen LogP contribution in [0.25, 0.3) is 10.4 Å². The van der Waals surface area contributed by atoms with Crippen molar-refractivity contribution in [3.8, 4) is 16.2 Å². The van der Waals surface area contributed by atoms with E-state index in [2.05, 4.69) is 38.1 Å². The number of methoxy groups -OCH3 is 1. The van der Waals surface area contributed by atoms with Gasteiger partial charge < -0.3 is 4.74 Å². The molecule has 0 fully saturated rings. The zero-order valence-electron chi connectivity index (χ0n) is 13.5. The number of thiophene rings is 1. The lowest BCUT2D eigenvalue weighted by Crippen LogP contribution is -1.94. The lowest BCUT2D eigenvalue weighted by molar-refractivity contribution is 0.411. The SMILES string of the molecule is COc1cc(C)c(Cc2ccc(-c3ccc(F)cc3)s2)cc1C. The van der Waals surface area contributed by atoms with Gasteiger partial charge in [-0.05, 0) is 66.4 Å². The molecule has 1 nitrogen and oxygen atoms in total. The minimum absolute atomic E-state index is 0.199. The molecule has 0 aliphatic heterocycles. The number of hydrogen-bond donors (Lipinski definition) is 0. The predicted octanol–water partition coefficient (Wildman–Crippen LogP) is 5.77. The Labute approximate surface area is 140 Å². The molecule has 0 radical (unpaired) electrons. The lowest BCUT2D eigenvalue weighted by atomic mass is 10.0. The van der Waals surface area contributed by atoms with E-state index in [1.807, 2.05) is 12.1 Å². The molecular weight excluding hydrogens is 307 g/mol. The van der Waals surface area contributed by atoms with Crippen molar-refractivity contribution in [1.82, 2.24) is 0 Å². The van der Waals surface area contributed by atoms with E-state index < -0.39 is 0 Å². The summed E-state index contributed by atoms with van der Waals surface area (Å²) in [6.45, 7) is 4.19. The lowest BCUT2D eigenvalue weighted by Gasteiger charge is -2.10. The normalized spacial score (nSPS) is 10.8. The van der Waals surface area contributed by atoms with Crippen molar-refractivity contribution in [3.63, 3.8) is 0 Å². The van der Waals surface area contributed by atoms with Gasteiger partial charge in [-0.15, -0.1) is 11.3 Å². The second-order valence-corrected chi connectivity index (χ2v) is 6.87. The van der Waals surface area contributed by atoms with E-state index in [-0.39, 0.29) is 5.82 Å². The summed E-state index contributed by atoms with van der Waals surface area (Å²) < 4.78 is 18.4. The van der Waals surface area contributed by atoms with Crippen molar-refractivity contribution in [3.05, 3.63) is 75.9 Å². The molecule has 0 saturated carbocycles. The Balaban J connectivity index is 1.84. The maximum absolute atomic E-state index is 13.0. The van der Waals surface area contributed by atoms with Gasteiger partial charge in [0.2, 0.25) is 0 Å². The first-order valence-corrected chi connectivity index (χ1v) is 8.37. The van der Waals surface area contributed by atoms with Crippen molar-refractivity contribution in [1.29, 1.82) is 0 Å². The zero-order chi connectivity index (χ0) is 16.4. The van der Waals surface area contributed by atoms with E-state index in [0.29, 0.717) is 0 Å². The number of rotatable bonds is 4. The summed E-state index contributed by atoms with van der Waals surface area (Å²) >= 11 is 1.76. The summed E-state index contributed by atoms with van der Waals surface area (Å²) in [4.78, 5) is 2.47. The highest BCUT2D eigenvalue weighted by Gasteiger charge is 2.08. The summed E-state index contributed by atoms with van der Waals surface area (Å²) in [5, 5.41) is 0. The van der Waals surface area contributed by atoms with Gasteiger partial charge in [0, 0.05) is 16.2 Å². The molecule has 3 heteroatoms. The molecule has 118 valence electrons. The molecule has 0 saturated heterocycles. The van der Waals surface area contributed by atoms with Gasteiger partial charge in [-0.1, -0.05) is 18.2 Å². The monoisotopic (exact) mass is 326 g/mol. The predicted molar refractivity (Wildman–Crippen MR) is 95.0 cm³/mol. The Bertz CT molecular complexity index is 818. The largest absolute Gasteiger partial charge is 0.496 e. The van der Waals surface area contributed by atoms with Crippen LogP contribution < -0.4 is 4.74 Å². The van der Waals surface area contributed by atoms with Crippen molar-refractivity contribution < 1.29 is 9.13 Å². The first-order chi connectivity index (χ1) is 11.1. The van der Waals surface area contributed by atoms with Gasteiger partial charge >= 0.3 is 0 Å². The van der Waals surface area contributed by atoms with Gasteiger partial charge in [0.05, 0.1) is 7.11 Å². The average molecular weight is 326 g/mol. The Kier molecular flexibility index (Phi) is 4.49. The third-order valence-corrected chi connectivity index (χ3v) is 5.14. The molecule has 0 N–H and O–H groups in total. The van der Waals surface area contributed by atoms with E-state index in [4.69, 9.17) is 4.74 Å². The number of aryl methyl sites for hydroxylation is 2. The third kappa shape index (κ3) is 3.45. The van der Waals surface area contributed by atoms with Crippen LogP contribution in [0.5, 0.6) is 5.75 Å². The summed E-state index contributed by atoms with van der Waals surface area (Å²) in [7, 11) is 1.70. The van der Waals surface area contributed by atoms with Gasteiger partial charge in [-0.3, -0.25) is 0 Å². The molecule has 23 heavy (non-hydrogen) atoms. The minimum atomic E-state index is -0.199. The van der Waals surface area contributed by atoms with E-state index in [9.17, 15) is 4.39 Å². The van der Waals surface area contributed by atoms with E-state index >= 15 is 0 Å². The second-order valence-electron chi connectivity index (χ2n) is 5.70. The highest BCUT2D eigenvalue weighted by Crippen LogP contribution is 2.31. The molecule has 0 aliphatic rings. The Morgan fingerprint density at radius 3 is 2.39 bits per heavy atom. The zero-order valence-corrected chi connectivity index (χ0v) is 14.3. The molecule has 3 aromatic rings. The molecule has 0 aliphatic carbocycles. The van der Waals surface area contributed by atoms with E-state index in [1.54, 1.807) is 18.4 Å². The Morgan fingerprint density at radius 2 is 1.70 bits per heavy atom. The van der Waals surface area contributed by atoms with Crippen LogP contribution in [-0.4, -0.2) is 7.11 Å². The average Bonchev–Trinajstić information content (AvgIpc) is 3.00. The molecule has 0 amide bonds. The fourth-order valence-electron chi connectivity index (χ4n) is 2.69. The smallest absolute Gasteiger partial charge is 0.123 e. The second kappa shape index (κ2) is 6.55. The molecule has 0 unspecified atom stereocenters. The van der Waals surface area contributed by atoms with E-state index in [0.717, 1.165) is 23.3 Å². The number of ether oxygens (including phenoxy) is 1. The summed E-state index contributed by atoms with van der Waals surface area (Å²) in [5.74, 6) is 0.735. The fraction of sp³-hybridized carbons (Fsp3) is 0.200. The van der Waals surface area contributed by atoms with Crippen LogP contribution in [-0.2, 0) is 6.42 Å². The summed E-state index contributed by atoms with van der Waals surface area (Å²) in [5.41, 5.74) is 4.77. The number of hydrogen-bond acceptors (Lipinski definition) is 2. The standard InChI is InChI=1S/C20H19FOS/c1-13-11-19(22-3)14(2)10-16(13)12-18-8-9-20(23-18)15-4-6-17(21)7-5-15/h4-11H,12H2,1-3H3. The fourth-order valence-corrected chi connectivity index (χ4v) is 3.73. The quantitative estimate of drug-likeness (QED) is 0.591. The minimum Gasteiger partial charge on any atom is -0.496 e. The number of halogens is 1. The van der Waals surface area contributed by atoms with Gasteiger partial charge in [0.1, 0.15) is 11.6 Å². The first-order valence-electron chi connectivity index (χ1n) is 7.55. The number of benzene rings is 2. The molecule has 0 bridgehead atoms. The van der Waals surface area contributed by atoms with Gasteiger partial charge in [-0.25, -0.2) is 4.39 Å². The first kappa shape index (κ1) is 15.8. The van der Waals surface area contributed by atoms with Crippen LogP contribution in [0.3, 0.4) is 0 Å². The van der Waals surface area contributed by atoms with Crippen LogP contribution >= 0.6 is 11.3 Å². The molecule has 0 spiro atoms. The maximum atomic E-state index is 13.0. The van der Waals surface area contributed by atoms with Gasteiger partial charge in [0.15, 0.2) is 0 Å². The highest BCUT2D eigenvalue weighted by molar-refractivity contribution is 7.15. The van der Waals surface area contributed by atoms with Crippen LogP contribution in [0.15, 0.2) is 48.5 Å². The molecule has 2 aromatic carbocycles. The molecule has 0 atom stereocenters. The topological polar surface area (TPSA) is 9.23 Å². The summed E-state index contributed by atoms with van der Waals surface area (Å²) in [6.07, 6.45) is 0.905. The molecule has 1 aromatic heterocycles. The molecular formula is C20H19FOS. The Morgan fingerprint density at radius 1 is 0.957 bits per heavy atom. The van der Waals surface area contributed by atoms with Crippen LogP contribution in [0.1, 0.15) is 21.6 Å². The van der Waals surface area contributed by atoms with Crippen molar-refractivity contribution in [2.45, 2.75) is 20.3 Å². The Hall–Kier alpha value is -2.13. The molecule has 3 rings (SSSR count). The highest BCUT2D eigenvalue weighted by atomic mass is 32.1. The van der Waals surface area contributed by atoms with Crippen LogP contribution in [0, 0.1) is 19.7 Å². The van der Waals surface area contributed by atoms with E-state index in [1.165, 1.54) is 33.0 Å². The van der Waals surface area contributed by atoms with Crippen LogP contribution in [0.2, 0.25) is 0 Å². The van der Waals surface area contributed by atoms with Gasteiger partial charge in [0.25, 0.3) is 0 Å². The van der Waals surface area contributed by atoms with Crippen LogP contribution in [0.4, 0.5) is 4.39 Å². The third-order valence-electron chi connectivity index (χ3n) is 4.01. The molecule has 1 heterocycles.